The summed E-state index contributed by atoms with van der Waals surface area (Å²) in [7, 11) is 0. The van der Waals surface area contributed by atoms with Crippen molar-refractivity contribution in [3.8, 4) is 0 Å². The van der Waals surface area contributed by atoms with Crippen molar-refractivity contribution in [1.82, 2.24) is 19.5 Å². The standard InChI is InChI=1S/C24H26F5N7O/c25-15-5-6-16(26)19(18(15)27)34-23-33-17-11-31-22(32-13-7-9-24(28,29)10-8-13)35-21(17)36(23)14-3-1-12(2-4-14)20(30)37/h5-6,11-14H,1-4,7-10H2,(H2,30,37)(H,33,34)(H,31,32,35)/t12-,14+. The molecule has 0 atom stereocenters. The molecule has 4 N–H and O–H groups in total. The number of halogens is 5. The Bertz CT molecular complexity index is 1310. The summed E-state index contributed by atoms with van der Waals surface area (Å²) in [5.41, 5.74) is 5.43. The maximum Gasteiger partial charge on any atom is 0.248 e. The zero-order chi connectivity index (χ0) is 26.3. The number of nitrogens with two attached hydrogens (primary N) is 1. The van der Waals surface area contributed by atoms with Gasteiger partial charge in [-0.3, -0.25) is 9.36 Å². The number of imidazole rings is 1. The maximum atomic E-state index is 14.4. The van der Waals surface area contributed by atoms with Gasteiger partial charge in [-0.25, -0.2) is 31.9 Å². The lowest BCUT2D eigenvalue weighted by Crippen LogP contribution is -2.32. The second-order valence-electron chi connectivity index (χ2n) is 9.73. The largest absolute Gasteiger partial charge is 0.369 e. The van der Waals surface area contributed by atoms with Gasteiger partial charge in [0.2, 0.25) is 23.7 Å². The summed E-state index contributed by atoms with van der Waals surface area (Å²) in [5.74, 6) is -6.71. The van der Waals surface area contributed by atoms with E-state index in [9.17, 15) is 26.7 Å². The molecule has 198 valence electrons. The molecule has 0 saturated heterocycles. The fourth-order valence-corrected chi connectivity index (χ4v) is 5.13. The van der Waals surface area contributed by atoms with Crippen molar-refractivity contribution in [1.29, 1.82) is 0 Å². The Balaban J connectivity index is 1.50. The van der Waals surface area contributed by atoms with Crippen LogP contribution >= 0.6 is 0 Å². The van der Waals surface area contributed by atoms with Crippen LogP contribution in [-0.2, 0) is 4.79 Å². The fraction of sp³-hybridized carbons (Fsp3) is 0.500. The van der Waals surface area contributed by atoms with Crippen LogP contribution in [-0.4, -0.2) is 37.4 Å². The topological polar surface area (TPSA) is 111 Å². The Morgan fingerprint density at radius 1 is 1.00 bits per heavy atom. The van der Waals surface area contributed by atoms with Crippen LogP contribution in [0.15, 0.2) is 18.3 Å². The zero-order valence-electron chi connectivity index (χ0n) is 19.8. The number of carbonyl (C=O) groups excluding carboxylic acids is 1. The molecule has 2 aromatic heterocycles. The summed E-state index contributed by atoms with van der Waals surface area (Å²) in [4.78, 5) is 24.9. The first-order valence-electron chi connectivity index (χ1n) is 12.2. The molecule has 1 amide bonds. The van der Waals surface area contributed by atoms with Crippen molar-refractivity contribution in [2.45, 2.75) is 69.4 Å². The molecule has 2 aliphatic carbocycles. The van der Waals surface area contributed by atoms with E-state index in [1.807, 2.05) is 0 Å². The van der Waals surface area contributed by atoms with Crippen LogP contribution in [0.3, 0.4) is 0 Å². The van der Waals surface area contributed by atoms with E-state index in [1.54, 1.807) is 4.57 Å². The van der Waals surface area contributed by atoms with E-state index < -0.39 is 29.1 Å². The smallest absolute Gasteiger partial charge is 0.248 e. The number of amides is 1. The summed E-state index contributed by atoms with van der Waals surface area (Å²) in [5, 5.41) is 5.68. The minimum atomic E-state index is -2.67. The average Bonchev–Trinajstić information content (AvgIpc) is 3.23. The highest BCUT2D eigenvalue weighted by Gasteiger charge is 2.35. The molecule has 2 fully saturated rings. The van der Waals surface area contributed by atoms with Crippen LogP contribution in [0.25, 0.3) is 11.2 Å². The van der Waals surface area contributed by atoms with E-state index in [4.69, 9.17) is 5.73 Å². The molecular weight excluding hydrogens is 497 g/mol. The third-order valence-electron chi connectivity index (χ3n) is 7.23. The number of alkyl halides is 2. The van der Waals surface area contributed by atoms with Crippen LogP contribution < -0.4 is 16.4 Å². The Morgan fingerprint density at radius 2 is 1.68 bits per heavy atom. The molecular formula is C24H26F5N7O. The SMILES string of the molecule is NC(=O)[C@H]1CC[C@@H](n2c(Nc3c(F)ccc(F)c3F)nc3cnc(NC4CCC(F)(F)CC4)nc32)CC1. The van der Waals surface area contributed by atoms with Crippen LogP contribution in [0.5, 0.6) is 0 Å². The normalized spacial score (nSPS) is 22.2. The minimum absolute atomic E-state index is 0.0321. The molecule has 0 radical (unpaired) electrons. The summed E-state index contributed by atoms with van der Waals surface area (Å²) >= 11 is 0. The summed E-state index contributed by atoms with van der Waals surface area (Å²) in [6.07, 6.45) is 3.54. The van der Waals surface area contributed by atoms with Gasteiger partial charge in [0, 0.05) is 30.8 Å². The molecule has 2 heterocycles. The predicted molar refractivity (Wildman–Crippen MR) is 126 cm³/mol. The van der Waals surface area contributed by atoms with E-state index in [0.717, 1.165) is 6.07 Å². The number of nitrogens with one attached hydrogen (secondary N) is 2. The molecule has 0 spiro atoms. The highest BCUT2D eigenvalue weighted by atomic mass is 19.3. The second kappa shape index (κ2) is 9.75. The van der Waals surface area contributed by atoms with Gasteiger partial charge in [0.1, 0.15) is 17.0 Å². The van der Waals surface area contributed by atoms with Gasteiger partial charge in [0.25, 0.3) is 0 Å². The number of nitrogens with zero attached hydrogens (tertiary/aromatic N) is 4. The highest BCUT2D eigenvalue weighted by Crippen LogP contribution is 2.38. The first kappa shape index (κ1) is 25.2. The van der Waals surface area contributed by atoms with E-state index in [1.165, 1.54) is 6.20 Å². The zero-order valence-corrected chi connectivity index (χ0v) is 19.8. The van der Waals surface area contributed by atoms with Crippen molar-refractivity contribution in [3.63, 3.8) is 0 Å². The Labute approximate surface area is 208 Å². The quantitative estimate of drug-likeness (QED) is 0.303. The Kier molecular flexibility index (Phi) is 6.63. The van der Waals surface area contributed by atoms with Crippen LogP contribution in [0, 0.1) is 23.4 Å². The molecule has 3 aromatic rings. The average molecular weight is 524 g/mol. The molecule has 0 unspecified atom stereocenters. The maximum absolute atomic E-state index is 14.4. The molecule has 0 aliphatic heterocycles. The minimum Gasteiger partial charge on any atom is -0.369 e. The third kappa shape index (κ3) is 5.16. The molecule has 1 aromatic carbocycles. The molecule has 2 saturated carbocycles. The van der Waals surface area contributed by atoms with E-state index in [0.29, 0.717) is 42.9 Å². The number of anilines is 3. The van der Waals surface area contributed by atoms with E-state index >= 15 is 0 Å². The number of aromatic nitrogens is 4. The van der Waals surface area contributed by atoms with Crippen molar-refractivity contribution in [2.24, 2.45) is 11.7 Å². The fourth-order valence-electron chi connectivity index (χ4n) is 5.13. The van der Waals surface area contributed by atoms with Crippen molar-refractivity contribution >= 4 is 34.7 Å². The van der Waals surface area contributed by atoms with Crippen LogP contribution in [0.2, 0.25) is 0 Å². The van der Waals surface area contributed by atoms with Gasteiger partial charge in [0.15, 0.2) is 17.3 Å². The summed E-state index contributed by atoms with van der Waals surface area (Å²) < 4.78 is 71.4. The summed E-state index contributed by atoms with van der Waals surface area (Å²) in [6.45, 7) is 0. The number of rotatable bonds is 6. The molecule has 5 rings (SSSR count). The van der Waals surface area contributed by atoms with Gasteiger partial charge in [-0.2, -0.15) is 4.98 Å². The molecule has 0 bridgehead atoms. The number of fused-ring (bicyclic) bond motifs is 1. The van der Waals surface area contributed by atoms with Crippen molar-refractivity contribution in [3.05, 3.63) is 35.8 Å². The van der Waals surface area contributed by atoms with Gasteiger partial charge in [-0.1, -0.05) is 0 Å². The van der Waals surface area contributed by atoms with Crippen molar-refractivity contribution < 1.29 is 26.7 Å². The van der Waals surface area contributed by atoms with Crippen molar-refractivity contribution in [2.75, 3.05) is 10.6 Å². The first-order valence-corrected chi connectivity index (χ1v) is 12.2. The monoisotopic (exact) mass is 523 g/mol. The molecule has 13 heteroatoms. The number of benzene rings is 1. The van der Waals surface area contributed by atoms with Gasteiger partial charge < -0.3 is 16.4 Å². The lowest BCUT2D eigenvalue weighted by Gasteiger charge is -2.29. The van der Waals surface area contributed by atoms with Crippen LogP contribution in [0.1, 0.15) is 57.4 Å². The van der Waals surface area contributed by atoms with Gasteiger partial charge in [-0.05, 0) is 50.7 Å². The highest BCUT2D eigenvalue weighted by molar-refractivity contribution is 5.78. The van der Waals surface area contributed by atoms with Gasteiger partial charge in [0.05, 0.1) is 6.20 Å². The Morgan fingerprint density at radius 3 is 2.35 bits per heavy atom. The number of carbonyl (C=O) groups is 1. The van der Waals surface area contributed by atoms with E-state index in [-0.39, 0.29) is 61.5 Å². The first-order chi connectivity index (χ1) is 17.6. The number of hydrogen-bond acceptors (Lipinski definition) is 6. The van der Waals surface area contributed by atoms with Gasteiger partial charge >= 0.3 is 0 Å². The molecule has 8 nitrogen and oxygen atoms in total. The molecule has 2 aliphatic rings. The predicted octanol–water partition coefficient (Wildman–Crippen LogP) is 5.19. The van der Waals surface area contributed by atoms with Crippen LogP contribution in [0.4, 0.5) is 39.5 Å². The summed E-state index contributed by atoms with van der Waals surface area (Å²) in [6, 6.07) is 1.02. The van der Waals surface area contributed by atoms with E-state index in [2.05, 4.69) is 25.6 Å². The third-order valence-corrected chi connectivity index (χ3v) is 7.23. The van der Waals surface area contributed by atoms with Gasteiger partial charge in [-0.15, -0.1) is 0 Å². The number of hydrogen-bond donors (Lipinski definition) is 3. The lowest BCUT2D eigenvalue weighted by molar-refractivity contribution is -0.122. The number of primary amides is 1. The second-order valence-corrected chi connectivity index (χ2v) is 9.73. The lowest BCUT2D eigenvalue weighted by atomic mass is 9.85. The molecule has 37 heavy (non-hydrogen) atoms. The Hall–Kier alpha value is -3.51.